The quantitative estimate of drug-likeness (QED) is 0.129. The minimum absolute atomic E-state index is 0.00731. The fourth-order valence-corrected chi connectivity index (χ4v) is 4.96. The molecule has 8 nitrogen and oxygen atoms in total. The SMILES string of the molecule is C=CCOC(=O)c1sc(N2C(=O)C(=O)C(=C(O)c3cccc(OCCC)c3)C2c2ccc(F)cc2)nc1C. The predicted molar refractivity (Wildman–Crippen MR) is 141 cm³/mol. The van der Waals surface area contributed by atoms with E-state index in [4.69, 9.17) is 9.47 Å². The van der Waals surface area contributed by atoms with E-state index in [9.17, 15) is 23.9 Å². The molecule has 1 unspecified atom stereocenters. The van der Waals surface area contributed by atoms with Crippen LogP contribution >= 0.6 is 11.3 Å². The van der Waals surface area contributed by atoms with Gasteiger partial charge in [0.05, 0.1) is 23.9 Å². The van der Waals surface area contributed by atoms with E-state index < -0.39 is 35.3 Å². The number of aromatic nitrogens is 1. The second-order valence-electron chi connectivity index (χ2n) is 8.40. The van der Waals surface area contributed by atoms with Crippen LogP contribution in [0.15, 0.2) is 66.8 Å². The van der Waals surface area contributed by atoms with Gasteiger partial charge in [-0.1, -0.05) is 55.2 Å². The molecule has 0 bridgehead atoms. The monoisotopic (exact) mass is 536 g/mol. The molecule has 2 aromatic carbocycles. The number of thiazole rings is 1. The lowest BCUT2D eigenvalue weighted by atomic mass is 9.95. The average Bonchev–Trinajstić information content (AvgIpc) is 3.42. The van der Waals surface area contributed by atoms with E-state index in [-0.39, 0.29) is 27.8 Å². The first-order chi connectivity index (χ1) is 18.3. The van der Waals surface area contributed by atoms with Gasteiger partial charge in [-0.25, -0.2) is 14.2 Å². The Labute approximate surface area is 222 Å². The number of carbonyl (C=O) groups excluding carboxylic acids is 3. The number of Topliss-reactive ketones (excluding diaryl/α,β-unsaturated/α-hetero) is 1. The van der Waals surface area contributed by atoms with Crippen molar-refractivity contribution in [2.24, 2.45) is 0 Å². The summed E-state index contributed by atoms with van der Waals surface area (Å²) in [7, 11) is 0. The number of ether oxygens (including phenoxy) is 2. The van der Waals surface area contributed by atoms with E-state index in [0.29, 0.717) is 23.6 Å². The number of halogens is 1. The maximum atomic E-state index is 13.8. The summed E-state index contributed by atoms with van der Waals surface area (Å²) in [6, 6.07) is 10.6. The summed E-state index contributed by atoms with van der Waals surface area (Å²) in [6.07, 6.45) is 2.20. The van der Waals surface area contributed by atoms with Gasteiger partial charge in [0.2, 0.25) is 0 Å². The van der Waals surface area contributed by atoms with Crippen molar-refractivity contribution in [2.45, 2.75) is 26.3 Å². The molecule has 0 aliphatic carbocycles. The highest BCUT2D eigenvalue weighted by Crippen LogP contribution is 2.44. The molecule has 0 saturated carbocycles. The van der Waals surface area contributed by atoms with Gasteiger partial charge in [0.25, 0.3) is 5.78 Å². The molecule has 1 amide bonds. The fourth-order valence-electron chi connectivity index (χ4n) is 3.97. The lowest BCUT2D eigenvalue weighted by molar-refractivity contribution is -0.132. The second-order valence-corrected chi connectivity index (χ2v) is 9.37. The van der Waals surface area contributed by atoms with Crippen molar-refractivity contribution in [2.75, 3.05) is 18.1 Å². The first kappa shape index (κ1) is 26.7. The average molecular weight is 537 g/mol. The number of nitrogens with zero attached hydrogens (tertiary/aromatic N) is 2. The number of hydrogen-bond donors (Lipinski definition) is 1. The third kappa shape index (κ3) is 5.21. The van der Waals surface area contributed by atoms with E-state index in [0.717, 1.165) is 22.7 Å². The van der Waals surface area contributed by atoms with Gasteiger partial charge in [0.15, 0.2) is 5.13 Å². The van der Waals surface area contributed by atoms with Crippen molar-refractivity contribution in [3.63, 3.8) is 0 Å². The minimum Gasteiger partial charge on any atom is -0.507 e. The third-order valence-electron chi connectivity index (χ3n) is 5.72. The number of hydrogen-bond acceptors (Lipinski definition) is 8. The fraction of sp³-hybridized carbons (Fsp3) is 0.214. The number of rotatable bonds is 9. The molecule has 0 spiro atoms. The Morgan fingerprint density at radius 3 is 2.66 bits per heavy atom. The number of aliphatic hydroxyl groups excluding tert-OH is 1. The Kier molecular flexibility index (Phi) is 8.02. The molecular weight excluding hydrogens is 511 g/mol. The van der Waals surface area contributed by atoms with Gasteiger partial charge in [-0.05, 0) is 43.2 Å². The second kappa shape index (κ2) is 11.4. The Balaban J connectivity index is 1.85. The van der Waals surface area contributed by atoms with Crippen molar-refractivity contribution in [3.05, 3.63) is 94.3 Å². The van der Waals surface area contributed by atoms with Crippen LogP contribution in [0.4, 0.5) is 9.52 Å². The van der Waals surface area contributed by atoms with Crippen molar-refractivity contribution in [1.82, 2.24) is 4.98 Å². The lowest BCUT2D eigenvalue weighted by Gasteiger charge is -2.23. The molecular formula is C28H25FN2O6S. The number of benzene rings is 2. The van der Waals surface area contributed by atoms with Crippen LogP contribution in [0.1, 0.15) is 45.9 Å². The van der Waals surface area contributed by atoms with Crippen LogP contribution in [0.2, 0.25) is 0 Å². The summed E-state index contributed by atoms with van der Waals surface area (Å²) >= 11 is 0.878. The standard InChI is InChI=1S/C28H25FN2O6S/c1-4-13-36-20-8-6-7-18(15-20)23(32)21-22(17-9-11-19(29)12-10-17)31(26(34)24(21)33)28-30-16(3)25(38-28)27(35)37-14-5-2/h5-12,15,22,32H,2,4,13-14H2,1,3H3. The van der Waals surface area contributed by atoms with Crippen LogP contribution in [-0.2, 0) is 14.3 Å². The first-order valence-corrected chi connectivity index (χ1v) is 12.6. The Morgan fingerprint density at radius 1 is 1.24 bits per heavy atom. The molecule has 1 aliphatic rings. The number of esters is 1. The smallest absolute Gasteiger partial charge is 0.350 e. The Bertz CT molecular complexity index is 1430. The summed E-state index contributed by atoms with van der Waals surface area (Å²) in [5, 5.41) is 11.4. The molecule has 10 heteroatoms. The van der Waals surface area contributed by atoms with Gasteiger partial charge in [0, 0.05) is 5.56 Å². The van der Waals surface area contributed by atoms with Crippen LogP contribution in [0.3, 0.4) is 0 Å². The Hall–Kier alpha value is -4.31. The van der Waals surface area contributed by atoms with Crippen molar-refractivity contribution < 1.29 is 33.4 Å². The van der Waals surface area contributed by atoms with Crippen molar-refractivity contribution >= 4 is 39.9 Å². The van der Waals surface area contributed by atoms with E-state index in [1.807, 2.05) is 6.92 Å². The first-order valence-electron chi connectivity index (χ1n) is 11.8. The summed E-state index contributed by atoms with van der Waals surface area (Å²) in [5.41, 5.74) is 0.749. The van der Waals surface area contributed by atoms with E-state index in [1.54, 1.807) is 31.2 Å². The molecule has 1 fully saturated rings. The zero-order chi connectivity index (χ0) is 27.4. The van der Waals surface area contributed by atoms with E-state index >= 15 is 0 Å². The molecule has 3 aromatic rings. The molecule has 1 aromatic heterocycles. The molecule has 1 aliphatic heterocycles. The number of anilines is 1. The summed E-state index contributed by atoms with van der Waals surface area (Å²) in [5.74, 6) is -2.98. The highest BCUT2D eigenvalue weighted by atomic mass is 32.1. The summed E-state index contributed by atoms with van der Waals surface area (Å²) in [4.78, 5) is 44.8. The lowest BCUT2D eigenvalue weighted by Crippen LogP contribution is -2.29. The number of aliphatic hydroxyl groups is 1. The molecule has 1 saturated heterocycles. The molecule has 2 heterocycles. The van der Waals surface area contributed by atoms with Crippen LogP contribution in [0.25, 0.3) is 5.76 Å². The maximum Gasteiger partial charge on any atom is 0.350 e. The molecule has 0 radical (unpaired) electrons. The van der Waals surface area contributed by atoms with Crippen LogP contribution in [-0.4, -0.2) is 41.0 Å². The van der Waals surface area contributed by atoms with Gasteiger partial charge in [0.1, 0.15) is 28.8 Å². The van der Waals surface area contributed by atoms with Crippen molar-refractivity contribution in [1.29, 1.82) is 0 Å². The predicted octanol–water partition coefficient (Wildman–Crippen LogP) is 5.35. The molecule has 196 valence electrons. The molecule has 4 rings (SSSR count). The van der Waals surface area contributed by atoms with Gasteiger partial charge in [-0.3, -0.25) is 14.5 Å². The van der Waals surface area contributed by atoms with Gasteiger partial charge < -0.3 is 14.6 Å². The highest BCUT2D eigenvalue weighted by Gasteiger charge is 2.48. The molecule has 1 atom stereocenters. The summed E-state index contributed by atoms with van der Waals surface area (Å²) < 4.78 is 24.5. The van der Waals surface area contributed by atoms with Crippen molar-refractivity contribution in [3.8, 4) is 5.75 Å². The molecule has 1 N–H and O–H groups in total. The van der Waals surface area contributed by atoms with Gasteiger partial charge in [-0.2, -0.15) is 0 Å². The molecule has 38 heavy (non-hydrogen) atoms. The number of aryl methyl sites for hydroxylation is 1. The Morgan fingerprint density at radius 2 is 1.97 bits per heavy atom. The van der Waals surface area contributed by atoms with Gasteiger partial charge >= 0.3 is 11.9 Å². The normalized spacial score (nSPS) is 16.5. The minimum atomic E-state index is -1.13. The zero-order valence-corrected chi connectivity index (χ0v) is 21.6. The van der Waals surface area contributed by atoms with Crippen LogP contribution in [0, 0.1) is 12.7 Å². The van der Waals surface area contributed by atoms with Gasteiger partial charge in [-0.15, -0.1) is 0 Å². The van der Waals surface area contributed by atoms with Crippen LogP contribution < -0.4 is 9.64 Å². The number of carbonyl (C=O) groups is 3. The number of ketones is 1. The highest BCUT2D eigenvalue weighted by molar-refractivity contribution is 7.17. The van der Waals surface area contributed by atoms with E-state index in [2.05, 4.69) is 11.6 Å². The largest absolute Gasteiger partial charge is 0.507 e. The third-order valence-corrected chi connectivity index (χ3v) is 6.86. The zero-order valence-electron chi connectivity index (χ0n) is 20.8. The number of amides is 1. The topological polar surface area (TPSA) is 106 Å². The summed E-state index contributed by atoms with van der Waals surface area (Å²) in [6.45, 7) is 7.50. The van der Waals surface area contributed by atoms with Crippen LogP contribution in [0.5, 0.6) is 5.75 Å². The van der Waals surface area contributed by atoms with E-state index in [1.165, 1.54) is 30.3 Å². The maximum absolute atomic E-state index is 13.8.